The zero-order valence-electron chi connectivity index (χ0n) is 35.3. The lowest BCUT2D eigenvalue weighted by Crippen LogP contribution is -2.16. The highest BCUT2D eigenvalue weighted by Gasteiger charge is 2.19. The van der Waals surface area contributed by atoms with Gasteiger partial charge in [0.25, 0.3) is 0 Å². The van der Waals surface area contributed by atoms with Gasteiger partial charge in [-0.15, -0.1) is 0 Å². The number of halogens is 3. The van der Waals surface area contributed by atoms with Crippen molar-refractivity contribution in [1.29, 1.82) is 0 Å². The maximum atomic E-state index is 13.9. The van der Waals surface area contributed by atoms with Gasteiger partial charge in [0, 0.05) is 40.6 Å². The standard InChI is InChI=1S/C26H27N3O2.C21H14ClF2N3O.C2H6/c1-16(2)31-26-25-22(14-19(5)27-26)29(21-12-8-18(4)9-13-21)24(15-23(25)30)28-20-10-6-17(3)7-11-20;1-12-8-17-20(21(22)25-12)18(28)11-19(26-15-6-2-4-13(23)9-15)27(17)16-7-3-5-14(24)10-16;1-2/h6-16,28H,1-5H3;2-11,26H,1H3;1-2H3. The fourth-order valence-corrected chi connectivity index (χ4v) is 7.02. The van der Waals surface area contributed by atoms with E-state index in [1.807, 2.05) is 71.9 Å². The molecule has 0 saturated carbocycles. The molecule has 4 heterocycles. The average molecular weight is 841 g/mol. The van der Waals surface area contributed by atoms with Crippen molar-refractivity contribution in [2.24, 2.45) is 0 Å². The lowest BCUT2D eigenvalue weighted by Gasteiger charge is -2.20. The first-order valence-electron chi connectivity index (χ1n) is 19.9. The molecule has 2 N–H and O–H groups in total. The molecule has 0 fully saturated rings. The molecule has 0 radical (unpaired) electrons. The first-order valence-corrected chi connectivity index (χ1v) is 20.3. The van der Waals surface area contributed by atoms with Gasteiger partial charge in [0.15, 0.2) is 10.9 Å². The Morgan fingerprint density at radius 2 is 1.10 bits per heavy atom. The number of benzene rings is 4. The molecule has 0 aliphatic carbocycles. The van der Waals surface area contributed by atoms with Gasteiger partial charge in [-0.25, -0.2) is 18.7 Å². The quantitative estimate of drug-likeness (QED) is 0.147. The molecule has 8 rings (SSSR count). The van der Waals surface area contributed by atoms with Crippen molar-refractivity contribution in [3.8, 4) is 17.3 Å². The van der Waals surface area contributed by atoms with Gasteiger partial charge in [-0.2, -0.15) is 0 Å². The topological polar surface area (TPSA) is 103 Å². The van der Waals surface area contributed by atoms with E-state index < -0.39 is 11.6 Å². The molecule has 0 unspecified atom stereocenters. The predicted molar refractivity (Wildman–Crippen MR) is 245 cm³/mol. The van der Waals surface area contributed by atoms with E-state index in [1.165, 1.54) is 41.5 Å². The highest BCUT2D eigenvalue weighted by Crippen LogP contribution is 2.31. The summed E-state index contributed by atoms with van der Waals surface area (Å²) >= 11 is 6.22. The Kier molecular flexibility index (Phi) is 13.6. The van der Waals surface area contributed by atoms with Crippen molar-refractivity contribution in [2.45, 2.75) is 61.5 Å². The number of ether oxygens (including phenoxy) is 1. The Balaban J connectivity index is 0.000000197. The zero-order chi connectivity index (χ0) is 44.0. The molecular weight excluding hydrogens is 794 g/mol. The monoisotopic (exact) mass is 840 g/mol. The Bertz CT molecular complexity index is 2970. The van der Waals surface area contributed by atoms with Crippen LogP contribution in [-0.4, -0.2) is 25.2 Å². The van der Waals surface area contributed by atoms with Gasteiger partial charge in [-0.05, 0) is 114 Å². The Hall–Kier alpha value is -6.85. The van der Waals surface area contributed by atoms with E-state index in [0.29, 0.717) is 45.5 Å². The van der Waals surface area contributed by atoms with E-state index in [4.69, 9.17) is 16.3 Å². The van der Waals surface area contributed by atoms with Crippen LogP contribution in [0.4, 0.5) is 31.8 Å². The Morgan fingerprint density at radius 3 is 1.69 bits per heavy atom. The molecule has 9 nitrogen and oxygen atoms in total. The number of fused-ring (bicyclic) bond motifs is 2. The molecule has 0 aliphatic rings. The van der Waals surface area contributed by atoms with E-state index in [2.05, 4.69) is 56.4 Å². The molecular formula is C49H47ClF2N6O3. The lowest BCUT2D eigenvalue weighted by molar-refractivity contribution is 0.235. The number of anilines is 4. The number of hydrogen-bond acceptors (Lipinski definition) is 7. The van der Waals surface area contributed by atoms with Crippen molar-refractivity contribution >= 4 is 56.4 Å². The van der Waals surface area contributed by atoms with Crippen molar-refractivity contribution < 1.29 is 13.5 Å². The third-order valence-corrected chi connectivity index (χ3v) is 9.57. The summed E-state index contributed by atoms with van der Waals surface area (Å²) < 4.78 is 37.2. The molecule has 0 amide bonds. The number of nitrogens with zero attached hydrogens (tertiary/aromatic N) is 4. The third kappa shape index (κ3) is 10.1. The predicted octanol–water partition coefficient (Wildman–Crippen LogP) is 12.2. The summed E-state index contributed by atoms with van der Waals surface area (Å²) in [5.41, 5.74) is 7.27. The second-order valence-electron chi connectivity index (χ2n) is 14.5. The minimum absolute atomic E-state index is 0.0717. The van der Waals surface area contributed by atoms with Crippen molar-refractivity contribution in [1.82, 2.24) is 19.1 Å². The summed E-state index contributed by atoms with van der Waals surface area (Å²) in [7, 11) is 0. The van der Waals surface area contributed by atoms with Crippen molar-refractivity contribution in [2.75, 3.05) is 10.6 Å². The maximum Gasteiger partial charge on any atom is 0.227 e. The van der Waals surface area contributed by atoms with Crippen LogP contribution in [0.1, 0.15) is 50.2 Å². The van der Waals surface area contributed by atoms with E-state index in [1.54, 1.807) is 47.9 Å². The van der Waals surface area contributed by atoms with E-state index in [0.717, 1.165) is 22.6 Å². The van der Waals surface area contributed by atoms with E-state index >= 15 is 0 Å². The summed E-state index contributed by atoms with van der Waals surface area (Å²) in [6, 6.07) is 34.7. The fraction of sp³-hybridized carbons (Fsp3) is 0.184. The fourth-order valence-electron chi connectivity index (χ4n) is 6.70. The van der Waals surface area contributed by atoms with Crippen LogP contribution >= 0.6 is 11.6 Å². The molecule has 0 saturated heterocycles. The van der Waals surface area contributed by atoms with Gasteiger partial charge in [0.1, 0.15) is 33.8 Å². The molecule has 4 aromatic carbocycles. The molecule has 0 atom stereocenters. The molecule has 61 heavy (non-hydrogen) atoms. The number of aryl methyl sites for hydroxylation is 4. The van der Waals surface area contributed by atoms with E-state index in [9.17, 15) is 18.4 Å². The summed E-state index contributed by atoms with van der Waals surface area (Å²) in [4.78, 5) is 34.6. The van der Waals surface area contributed by atoms with Gasteiger partial charge >= 0.3 is 0 Å². The molecule has 0 bridgehead atoms. The third-order valence-electron chi connectivity index (χ3n) is 9.30. The Morgan fingerprint density at radius 1 is 0.590 bits per heavy atom. The smallest absolute Gasteiger partial charge is 0.227 e. The van der Waals surface area contributed by atoms with Crippen molar-refractivity contribution in [3.05, 3.63) is 181 Å². The van der Waals surface area contributed by atoms with Gasteiger partial charge in [0.2, 0.25) is 5.88 Å². The van der Waals surface area contributed by atoms with Crippen LogP contribution in [0.15, 0.2) is 131 Å². The largest absolute Gasteiger partial charge is 0.474 e. The molecule has 312 valence electrons. The van der Waals surface area contributed by atoms with Crippen LogP contribution in [0.3, 0.4) is 0 Å². The minimum Gasteiger partial charge on any atom is -0.474 e. The van der Waals surface area contributed by atoms with Gasteiger partial charge in [0.05, 0.1) is 28.2 Å². The van der Waals surface area contributed by atoms with Crippen LogP contribution in [-0.2, 0) is 0 Å². The zero-order valence-corrected chi connectivity index (χ0v) is 36.0. The maximum absolute atomic E-state index is 13.9. The second-order valence-corrected chi connectivity index (χ2v) is 14.8. The normalized spacial score (nSPS) is 10.8. The molecule has 8 aromatic rings. The van der Waals surface area contributed by atoms with Crippen LogP contribution < -0.4 is 26.2 Å². The van der Waals surface area contributed by atoms with Gasteiger partial charge in [-0.1, -0.05) is 73.0 Å². The van der Waals surface area contributed by atoms with Crippen LogP contribution in [0.2, 0.25) is 5.15 Å². The number of aromatic nitrogens is 4. The number of pyridine rings is 4. The van der Waals surface area contributed by atoms with Gasteiger partial charge < -0.3 is 15.4 Å². The highest BCUT2D eigenvalue weighted by atomic mass is 35.5. The van der Waals surface area contributed by atoms with Crippen molar-refractivity contribution in [3.63, 3.8) is 0 Å². The van der Waals surface area contributed by atoms with E-state index in [-0.39, 0.29) is 27.5 Å². The van der Waals surface area contributed by atoms with Gasteiger partial charge in [-0.3, -0.25) is 18.7 Å². The number of rotatable bonds is 8. The van der Waals surface area contributed by atoms with Crippen LogP contribution in [0, 0.1) is 39.3 Å². The minimum atomic E-state index is -0.432. The summed E-state index contributed by atoms with van der Waals surface area (Å²) in [6.07, 6.45) is -0.0879. The number of nitrogens with one attached hydrogen (secondary N) is 2. The van der Waals surface area contributed by atoms with Crippen LogP contribution in [0.5, 0.6) is 5.88 Å². The number of hydrogen-bond donors (Lipinski definition) is 2. The molecule has 0 aliphatic heterocycles. The second kappa shape index (κ2) is 19.0. The lowest BCUT2D eigenvalue weighted by atomic mass is 10.1. The average Bonchev–Trinajstić information content (AvgIpc) is 3.20. The molecule has 0 spiro atoms. The first-order chi connectivity index (χ1) is 29.2. The first kappa shape index (κ1) is 43.7. The molecule has 4 aromatic heterocycles. The summed E-state index contributed by atoms with van der Waals surface area (Å²) in [5, 5.41) is 7.24. The summed E-state index contributed by atoms with van der Waals surface area (Å²) in [6.45, 7) is 15.6. The summed E-state index contributed by atoms with van der Waals surface area (Å²) in [5.74, 6) is 0.547. The van der Waals surface area contributed by atoms with Crippen LogP contribution in [0.25, 0.3) is 33.2 Å². The molecule has 12 heteroatoms. The SMILES string of the molecule is CC.Cc1cc2c(c(Cl)n1)c(=O)cc(Nc1cccc(F)c1)n2-c1cccc(F)c1.Cc1ccc(Nc2cc(=O)c3c(OC(C)C)nc(C)cc3n2-c2ccc(C)cc2)cc1. The Labute approximate surface area is 358 Å². The highest BCUT2D eigenvalue weighted by molar-refractivity contribution is 6.34.